The molecule has 0 aliphatic carbocycles. The highest BCUT2D eigenvalue weighted by atomic mass is 35.5. The minimum atomic E-state index is -0.997. The number of para-hydroxylation sites is 1. The van der Waals surface area contributed by atoms with Crippen molar-refractivity contribution in [1.82, 2.24) is 4.57 Å². The normalized spacial score (nSPS) is 12.1. The van der Waals surface area contributed by atoms with Crippen molar-refractivity contribution >= 4 is 58.4 Å². The van der Waals surface area contributed by atoms with Crippen molar-refractivity contribution in [1.29, 1.82) is 0 Å². The van der Waals surface area contributed by atoms with E-state index >= 15 is 0 Å². The number of fused-ring (bicyclic) bond motifs is 1. The third-order valence-corrected chi connectivity index (χ3v) is 7.71. The van der Waals surface area contributed by atoms with E-state index in [1.54, 1.807) is 17.7 Å². The van der Waals surface area contributed by atoms with E-state index in [0.29, 0.717) is 41.7 Å². The molecular weight excluding hydrogens is 588 g/mol. The molecule has 0 bridgehead atoms. The van der Waals surface area contributed by atoms with Gasteiger partial charge in [-0.15, -0.1) is 11.8 Å². The van der Waals surface area contributed by atoms with Crippen LogP contribution < -0.4 is 9.47 Å². The number of carboxylic acid groups (broad SMARTS) is 2. The second kappa shape index (κ2) is 14.2. The summed E-state index contributed by atoms with van der Waals surface area (Å²) in [5, 5.41) is 18.6. The first-order chi connectivity index (χ1) is 20.1. The average molecular weight is 616 g/mol. The molecule has 0 aliphatic heterocycles. The number of hydrogen-bond donors (Lipinski definition) is 2. The van der Waals surface area contributed by atoms with Gasteiger partial charge in [-0.2, -0.15) is 0 Å². The molecule has 0 aliphatic rings. The molecule has 0 amide bonds. The fraction of sp³-hybridized carbons (Fsp3) is 0.226. The summed E-state index contributed by atoms with van der Waals surface area (Å²) in [6.07, 6.45) is 6.74. The van der Waals surface area contributed by atoms with Gasteiger partial charge in [0.25, 0.3) is 0 Å². The van der Waals surface area contributed by atoms with Crippen molar-refractivity contribution in [2.75, 3.05) is 13.2 Å². The quantitative estimate of drug-likeness (QED) is 0.0651. The van der Waals surface area contributed by atoms with E-state index in [-0.39, 0.29) is 23.9 Å². The Bertz CT molecular complexity index is 1610. The highest BCUT2D eigenvalue weighted by Gasteiger charge is 2.19. The molecule has 220 valence electrons. The number of halogens is 3. The van der Waals surface area contributed by atoms with Crippen LogP contribution in [0.15, 0.2) is 65.7 Å². The molecule has 0 saturated heterocycles. The number of ether oxygens (including phenoxy) is 2. The van der Waals surface area contributed by atoms with E-state index in [1.807, 2.05) is 54.6 Å². The van der Waals surface area contributed by atoms with Crippen LogP contribution in [0.25, 0.3) is 23.1 Å². The average Bonchev–Trinajstić information content (AvgIpc) is 3.29. The standard InChI is InChI=1S/C31H28ClF2NO6S/c1-19(31(38)39)42-27-17-35(18-28(36)37)30-21(5-4-6-24(27)30)10-7-20-8-11-23(12-9-20)40-13-2-3-14-41-26-16-22(33)15-25(34)29(26)32/h4-12,15-17,19H,2-3,13-14,18H2,1H3,(H,36,37)(H,38,39). The van der Waals surface area contributed by atoms with Crippen molar-refractivity contribution in [3.8, 4) is 11.5 Å². The van der Waals surface area contributed by atoms with E-state index in [9.17, 15) is 28.6 Å². The molecule has 11 heteroatoms. The topological polar surface area (TPSA) is 98.0 Å². The van der Waals surface area contributed by atoms with Crippen molar-refractivity contribution in [2.45, 2.75) is 36.5 Å². The fourth-order valence-corrected chi connectivity index (χ4v) is 5.30. The van der Waals surface area contributed by atoms with Gasteiger partial charge in [0.2, 0.25) is 0 Å². The Balaban J connectivity index is 1.35. The van der Waals surface area contributed by atoms with Crippen LogP contribution in [0.3, 0.4) is 0 Å². The maximum absolute atomic E-state index is 13.5. The smallest absolute Gasteiger partial charge is 0.323 e. The Morgan fingerprint density at radius 2 is 1.74 bits per heavy atom. The van der Waals surface area contributed by atoms with Gasteiger partial charge in [0.05, 0.1) is 18.7 Å². The Labute approximate surface area is 250 Å². The number of aliphatic carboxylic acids is 2. The molecule has 1 heterocycles. The summed E-state index contributed by atoms with van der Waals surface area (Å²) in [5.74, 6) is -2.92. The number of carboxylic acids is 2. The van der Waals surface area contributed by atoms with Crippen LogP contribution in [-0.4, -0.2) is 45.2 Å². The molecular formula is C31H28ClF2NO6S. The Kier molecular flexibility index (Phi) is 10.5. The molecule has 4 aromatic rings. The zero-order valence-corrected chi connectivity index (χ0v) is 24.1. The third-order valence-electron chi connectivity index (χ3n) is 6.21. The van der Waals surface area contributed by atoms with Crippen LogP contribution in [0.5, 0.6) is 11.5 Å². The second-order valence-electron chi connectivity index (χ2n) is 9.36. The van der Waals surface area contributed by atoms with E-state index < -0.39 is 28.8 Å². The predicted molar refractivity (Wildman–Crippen MR) is 159 cm³/mol. The third kappa shape index (κ3) is 8.04. The molecule has 3 aromatic carbocycles. The number of thioether (sulfide) groups is 1. The number of nitrogens with zero attached hydrogens (tertiary/aromatic N) is 1. The highest BCUT2D eigenvalue weighted by Crippen LogP contribution is 2.35. The van der Waals surface area contributed by atoms with E-state index in [4.69, 9.17) is 21.1 Å². The molecule has 4 rings (SSSR count). The van der Waals surface area contributed by atoms with Crippen LogP contribution in [0.1, 0.15) is 30.9 Å². The lowest BCUT2D eigenvalue weighted by molar-refractivity contribution is -0.138. The minimum absolute atomic E-state index is 0.0304. The van der Waals surface area contributed by atoms with Gasteiger partial charge in [-0.05, 0) is 43.0 Å². The summed E-state index contributed by atoms with van der Waals surface area (Å²) in [6, 6.07) is 14.8. The molecule has 0 radical (unpaired) electrons. The number of hydrogen-bond acceptors (Lipinski definition) is 5. The summed E-state index contributed by atoms with van der Waals surface area (Å²) < 4.78 is 39.6. The largest absolute Gasteiger partial charge is 0.494 e. The van der Waals surface area contributed by atoms with E-state index in [0.717, 1.165) is 22.6 Å². The molecule has 2 N–H and O–H groups in total. The summed E-state index contributed by atoms with van der Waals surface area (Å²) >= 11 is 6.97. The molecule has 1 atom stereocenters. The number of benzene rings is 3. The van der Waals surface area contributed by atoms with E-state index in [1.165, 1.54) is 11.8 Å². The van der Waals surface area contributed by atoms with E-state index in [2.05, 4.69) is 0 Å². The molecule has 0 saturated carbocycles. The Morgan fingerprint density at radius 3 is 2.43 bits per heavy atom. The first kappa shape index (κ1) is 30.9. The van der Waals surface area contributed by atoms with Crippen LogP contribution >= 0.6 is 23.4 Å². The summed E-state index contributed by atoms with van der Waals surface area (Å²) in [6.45, 7) is 2.00. The lowest BCUT2D eigenvalue weighted by Crippen LogP contribution is -2.11. The van der Waals surface area contributed by atoms with Gasteiger partial charge in [-0.3, -0.25) is 9.59 Å². The number of aromatic nitrogens is 1. The number of rotatable bonds is 14. The lowest BCUT2D eigenvalue weighted by atomic mass is 10.1. The summed E-state index contributed by atoms with van der Waals surface area (Å²) in [7, 11) is 0. The molecule has 42 heavy (non-hydrogen) atoms. The lowest BCUT2D eigenvalue weighted by Gasteiger charge is -2.09. The van der Waals surface area contributed by atoms with Crippen LogP contribution in [0.2, 0.25) is 5.02 Å². The van der Waals surface area contributed by atoms with Gasteiger partial charge < -0.3 is 24.3 Å². The maximum atomic E-state index is 13.5. The van der Waals surface area contributed by atoms with Crippen molar-refractivity contribution in [2.24, 2.45) is 0 Å². The molecule has 1 aromatic heterocycles. The van der Waals surface area contributed by atoms with Crippen molar-refractivity contribution in [3.63, 3.8) is 0 Å². The Hall–Kier alpha value is -4.02. The minimum Gasteiger partial charge on any atom is -0.494 e. The molecule has 1 unspecified atom stereocenters. The summed E-state index contributed by atoms with van der Waals surface area (Å²) in [5.41, 5.74) is 2.41. The SMILES string of the molecule is CC(Sc1cn(CC(=O)O)c2c(C=Cc3ccc(OCCCCOc4cc(F)cc(F)c4Cl)cc3)cccc12)C(=O)O. The van der Waals surface area contributed by atoms with Gasteiger partial charge in [-0.1, -0.05) is 54.1 Å². The van der Waals surface area contributed by atoms with Gasteiger partial charge in [0.15, 0.2) is 0 Å². The predicted octanol–water partition coefficient (Wildman–Crippen LogP) is 7.63. The fourth-order valence-electron chi connectivity index (χ4n) is 4.17. The molecule has 0 spiro atoms. The van der Waals surface area contributed by atoms with Crippen LogP contribution in [-0.2, 0) is 16.1 Å². The van der Waals surface area contributed by atoms with Crippen LogP contribution in [0, 0.1) is 11.6 Å². The van der Waals surface area contributed by atoms with Gasteiger partial charge >= 0.3 is 11.9 Å². The van der Waals surface area contributed by atoms with Gasteiger partial charge in [0, 0.05) is 28.6 Å². The second-order valence-corrected chi connectivity index (χ2v) is 11.1. The number of unbranched alkanes of at least 4 members (excludes halogenated alkanes) is 1. The highest BCUT2D eigenvalue weighted by molar-refractivity contribution is 8.00. The zero-order chi connectivity index (χ0) is 30.2. The number of carbonyl (C=O) groups is 2. The summed E-state index contributed by atoms with van der Waals surface area (Å²) in [4.78, 5) is 23.6. The monoisotopic (exact) mass is 615 g/mol. The Morgan fingerprint density at radius 1 is 1.02 bits per heavy atom. The zero-order valence-electron chi connectivity index (χ0n) is 22.6. The first-order valence-corrected chi connectivity index (χ1v) is 14.3. The molecule has 0 fully saturated rings. The van der Waals surface area contributed by atoms with Gasteiger partial charge in [-0.25, -0.2) is 8.78 Å². The van der Waals surface area contributed by atoms with Crippen molar-refractivity contribution < 1.29 is 38.1 Å². The maximum Gasteiger partial charge on any atom is 0.323 e. The first-order valence-electron chi connectivity index (χ1n) is 13.0. The van der Waals surface area contributed by atoms with Gasteiger partial charge in [0.1, 0.15) is 40.0 Å². The van der Waals surface area contributed by atoms with Crippen LogP contribution in [0.4, 0.5) is 8.78 Å². The molecule has 7 nitrogen and oxygen atoms in total. The van der Waals surface area contributed by atoms with Crippen molar-refractivity contribution in [3.05, 3.63) is 88.6 Å².